The molecule has 0 aliphatic carbocycles. The van der Waals surface area contributed by atoms with Gasteiger partial charge in [-0.2, -0.15) is 0 Å². The summed E-state index contributed by atoms with van der Waals surface area (Å²) in [7, 11) is 0. The van der Waals surface area contributed by atoms with E-state index in [1.54, 1.807) is 13.8 Å². The predicted molar refractivity (Wildman–Crippen MR) is 55.7 cm³/mol. The third-order valence-corrected chi connectivity index (χ3v) is 1.78. The van der Waals surface area contributed by atoms with Gasteiger partial charge in [-0.25, -0.2) is 0 Å². The second-order valence-electron chi connectivity index (χ2n) is 3.62. The van der Waals surface area contributed by atoms with Gasteiger partial charge in [0.1, 0.15) is 4.92 Å². The maximum atomic E-state index is 11.5. The first kappa shape index (κ1) is 11.8. The van der Waals surface area contributed by atoms with Gasteiger partial charge in [-0.05, 0) is 19.9 Å². The minimum absolute atomic E-state index is 0.143. The van der Waals surface area contributed by atoms with E-state index in [-0.39, 0.29) is 5.76 Å². The lowest BCUT2D eigenvalue weighted by Crippen LogP contribution is -2.41. The molecular formula is C10H10N2O4. The van der Waals surface area contributed by atoms with Crippen molar-refractivity contribution in [3.63, 3.8) is 0 Å². The van der Waals surface area contributed by atoms with Crippen LogP contribution in [0, 0.1) is 22.5 Å². The van der Waals surface area contributed by atoms with Gasteiger partial charge >= 0.3 is 5.88 Å². The Morgan fingerprint density at radius 2 is 2.25 bits per heavy atom. The Morgan fingerprint density at radius 1 is 1.62 bits per heavy atom. The van der Waals surface area contributed by atoms with Crippen molar-refractivity contribution in [2.24, 2.45) is 0 Å². The van der Waals surface area contributed by atoms with Crippen molar-refractivity contribution in [1.29, 1.82) is 0 Å². The molecule has 1 aromatic rings. The fraction of sp³-hybridized carbons (Fsp3) is 0.300. The van der Waals surface area contributed by atoms with Gasteiger partial charge in [-0.1, -0.05) is 5.92 Å². The molecule has 6 nitrogen and oxygen atoms in total. The molecule has 0 aromatic carbocycles. The molecule has 0 spiro atoms. The minimum Gasteiger partial charge on any atom is -0.395 e. The smallest absolute Gasteiger partial charge is 0.395 e. The van der Waals surface area contributed by atoms with Crippen LogP contribution in [-0.2, 0) is 0 Å². The number of nitro groups is 1. The lowest BCUT2D eigenvalue weighted by molar-refractivity contribution is -0.402. The Kier molecular flexibility index (Phi) is 2.99. The highest BCUT2D eigenvalue weighted by Gasteiger charge is 2.22. The van der Waals surface area contributed by atoms with Crippen LogP contribution in [-0.4, -0.2) is 16.4 Å². The number of carbonyl (C=O) groups is 1. The van der Waals surface area contributed by atoms with Gasteiger partial charge < -0.3 is 9.73 Å². The zero-order chi connectivity index (χ0) is 12.3. The molecule has 0 aliphatic rings. The molecule has 1 N–H and O–H groups in total. The fourth-order valence-electron chi connectivity index (χ4n) is 0.929. The number of nitrogens with one attached hydrogen (secondary N) is 1. The van der Waals surface area contributed by atoms with Crippen molar-refractivity contribution in [2.45, 2.75) is 19.4 Å². The molecule has 1 rings (SSSR count). The van der Waals surface area contributed by atoms with Crippen LogP contribution in [0.15, 0.2) is 16.5 Å². The summed E-state index contributed by atoms with van der Waals surface area (Å²) in [5.41, 5.74) is -0.835. The SMILES string of the molecule is C#CC(C)(C)NC(=O)c1ccc([N+](=O)[O-])o1. The Labute approximate surface area is 91.8 Å². The summed E-state index contributed by atoms with van der Waals surface area (Å²) in [6, 6.07) is 2.33. The number of hydrogen-bond donors (Lipinski definition) is 1. The molecular weight excluding hydrogens is 212 g/mol. The standard InChI is InChI=1S/C10H10N2O4/c1-4-10(2,3)11-9(13)7-5-6-8(16-7)12(14)15/h1,5-6H,2-3H3,(H,11,13). The predicted octanol–water partition coefficient (Wildman–Crippen LogP) is 1.33. The van der Waals surface area contributed by atoms with E-state index in [1.807, 2.05) is 0 Å². The molecule has 1 aromatic heterocycles. The third kappa shape index (κ3) is 2.60. The molecule has 84 valence electrons. The Balaban J connectivity index is 2.82. The zero-order valence-corrected chi connectivity index (χ0v) is 8.81. The van der Waals surface area contributed by atoms with Gasteiger partial charge in [0.15, 0.2) is 5.76 Å². The normalized spacial score (nSPS) is 10.6. The van der Waals surface area contributed by atoms with Crippen LogP contribution in [0.4, 0.5) is 5.88 Å². The number of amides is 1. The van der Waals surface area contributed by atoms with Crippen molar-refractivity contribution in [1.82, 2.24) is 5.32 Å². The number of hydrogen-bond acceptors (Lipinski definition) is 4. The van der Waals surface area contributed by atoms with E-state index in [0.717, 1.165) is 6.07 Å². The highest BCUT2D eigenvalue weighted by atomic mass is 16.6. The van der Waals surface area contributed by atoms with E-state index in [9.17, 15) is 14.9 Å². The maximum Gasteiger partial charge on any atom is 0.433 e. The summed E-state index contributed by atoms with van der Waals surface area (Å²) < 4.78 is 4.72. The lowest BCUT2D eigenvalue weighted by atomic mass is 10.1. The van der Waals surface area contributed by atoms with Gasteiger partial charge in [0.25, 0.3) is 5.91 Å². The molecule has 0 fully saturated rings. The lowest BCUT2D eigenvalue weighted by Gasteiger charge is -2.18. The van der Waals surface area contributed by atoms with Crippen LogP contribution in [0.25, 0.3) is 0 Å². The van der Waals surface area contributed by atoms with Crippen molar-refractivity contribution >= 4 is 11.8 Å². The van der Waals surface area contributed by atoms with Crippen molar-refractivity contribution in [3.8, 4) is 12.3 Å². The van der Waals surface area contributed by atoms with Crippen molar-refractivity contribution < 1.29 is 14.1 Å². The first-order valence-corrected chi connectivity index (χ1v) is 4.40. The van der Waals surface area contributed by atoms with E-state index < -0.39 is 22.3 Å². The highest BCUT2D eigenvalue weighted by molar-refractivity contribution is 5.92. The van der Waals surface area contributed by atoms with Crippen LogP contribution in [0.3, 0.4) is 0 Å². The average molecular weight is 222 g/mol. The largest absolute Gasteiger partial charge is 0.433 e. The van der Waals surface area contributed by atoms with Gasteiger partial charge in [-0.3, -0.25) is 14.9 Å². The van der Waals surface area contributed by atoms with E-state index >= 15 is 0 Å². The highest BCUT2D eigenvalue weighted by Crippen LogP contribution is 2.16. The molecule has 1 heterocycles. The first-order chi connectivity index (χ1) is 7.35. The van der Waals surface area contributed by atoms with Crippen LogP contribution >= 0.6 is 0 Å². The second-order valence-corrected chi connectivity index (χ2v) is 3.62. The summed E-state index contributed by atoms with van der Waals surface area (Å²) in [5, 5.41) is 12.8. The second kappa shape index (κ2) is 4.06. The topological polar surface area (TPSA) is 85.4 Å². The minimum atomic E-state index is -0.835. The zero-order valence-electron chi connectivity index (χ0n) is 8.81. The molecule has 0 radical (unpaired) electrons. The Bertz CT molecular complexity index is 467. The molecule has 0 aliphatic heterocycles. The number of nitrogens with zero attached hydrogens (tertiary/aromatic N) is 1. The number of carbonyl (C=O) groups excluding carboxylic acids is 1. The Hall–Kier alpha value is -2.29. The van der Waals surface area contributed by atoms with E-state index in [1.165, 1.54) is 6.07 Å². The third-order valence-electron chi connectivity index (χ3n) is 1.78. The van der Waals surface area contributed by atoms with E-state index in [4.69, 9.17) is 10.8 Å². The van der Waals surface area contributed by atoms with Gasteiger partial charge in [-0.15, -0.1) is 6.42 Å². The first-order valence-electron chi connectivity index (χ1n) is 4.40. The maximum absolute atomic E-state index is 11.5. The summed E-state index contributed by atoms with van der Waals surface area (Å²) in [5.74, 6) is 1.15. The summed E-state index contributed by atoms with van der Waals surface area (Å²) >= 11 is 0. The van der Waals surface area contributed by atoms with Crippen LogP contribution < -0.4 is 5.32 Å². The fourth-order valence-corrected chi connectivity index (χ4v) is 0.929. The monoisotopic (exact) mass is 222 g/mol. The average Bonchev–Trinajstić information content (AvgIpc) is 2.66. The van der Waals surface area contributed by atoms with E-state index in [0.29, 0.717) is 0 Å². The van der Waals surface area contributed by atoms with Crippen LogP contribution in [0.5, 0.6) is 0 Å². The van der Waals surface area contributed by atoms with Gasteiger partial charge in [0.2, 0.25) is 0 Å². The molecule has 0 saturated heterocycles. The van der Waals surface area contributed by atoms with Crippen molar-refractivity contribution in [2.75, 3.05) is 0 Å². The summed E-state index contributed by atoms with van der Waals surface area (Å²) in [4.78, 5) is 21.1. The van der Waals surface area contributed by atoms with E-state index in [2.05, 4.69) is 11.2 Å². The Morgan fingerprint density at radius 3 is 2.69 bits per heavy atom. The number of furan rings is 1. The molecule has 16 heavy (non-hydrogen) atoms. The molecule has 0 atom stereocenters. The molecule has 0 saturated carbocycles. The van der Waals surface area contributed by atoms with Crippen molar-refractivity contribution in [3.05, 3.63) is 28.0 Å². The van der Waals surface area contributed by atoms with Crippen LogP contribution in [0.2, 0.25) is 0 Å². The number of rotatable bonds is 3. The molecule has 0 bridgehead atoms. The number of terminal acetylenes is 1. The summed E-state index contributed by atoms with van der Waals surface area (Å²) in [6.07, 6.45) is 5.18. The quantitative estimate of drug-likeness (QED) is 0.475. The molecule has 6 heteroatoms. The molecule has 0 unspecified atom stereocenters. The van der Waals surface area contributed by atoms with Gasteiger partial charge in [0, 0.05) is 0 Å². The van der Waals surface area contributed by atoms with Gasteiger partial charge in [0.05, 0.1) is 11.6 Å². The van der Waals surface area contributed by atoms with Crippen LogP contribution in [0.1, 0.15) is 24.4 Å². The summed E-state index contributed by atoms with van der Waals surface area (Å²) in [6.45, 7) is 3.25. The molecule has 1 amide bonds.